The molecule has 11 rings (SSSR count). The predicted molar refractivity (Wildman–Crippen MR) is 215 cm³/mol. The number of para-hydroxylation sites is 2. The van der Waals surface area contributed by atoms with Crippen molar-refractivity contribution in [2.45, 2.75) is 0 Å². The Morgan fingerprint density at radius 3 is 1.75 bits per heavy atom. The highest BCUT2D eigenvalue weighted by atomic mass is 16.3. The van der Waals surface area contributed by atoms with Gasteiger partial charge in [0.25, 0.3) is 0 Å². The molecule has 3 aromatic heterocycles. The van der Waals surface area contributed by atoms with E-state index in [1.165, 1.54) is 0 Å². The fourth-order valence-corrected chi connectivity index (χ4v) is 8.07. The van der Waals surface area contributed by atoms with E-state index >= 15 is 0 Å². The van der Waals surface area contributed by atoms with Crippen LogP contribution in [0, 0.1) is 0 Å². The summed E-state index contributed by atoms with van der Waals surface area (Å²) in [5, 5.41) is 9.08. The highest BCUT2D eigenvalue weighted by molar-refractivity contribution is 6.25. The maximum atomic E-state index is 6.80. The van der Waals surface area contributed by atoms with Crippen molar-refractivity contribution in [1.29, 1.82) is 0 Å². The average molecular weight is 664 g/mol. The van der Waals surface area contributed by atoms with Gasteiger partial charge in [0, 0.05) is 49.2 Å². The minimum Gasteiger partial charge on any atom is -0.455 e. The number of benzene rings is 8. The van der Waals surface area contributed by atoms with Crippen LogP contribution in [-0.4, -0.2) is 14.5 Å². The lowest BCUT2D eigenvalue weighted by Crippen LogP contribution is -2.05. The van der Waals surface area contributed by atoms with Gasteiger partial charge in [-0.1, -0.05) is 158 Å². The molecule has 0 radical (unpaired) electrons. The third-order valence-corrected chi connectivity index (χ3v) is 10.4. The lowest BCUT2D eigenvalue weighted by Gasteiger charge is -2.15. The molecule has 0 unspecified atom stereocenters. The summed E-state index contributed by atoms with van der Waals surface area (Å²) >= 11 is 0. The zero-order valence-electron chi connectivity index (χ0n) is 28.0. The molecule has 4 nitrogen and oxygen atoms in total. The van der Waals surface area contributed by atoms with E-state index in [0.717, 1.165) is 98.9 Å². The topological polar surface area (TPSA) is 43.9 Å². The van der Waals surface area contributed by atoms with Gasteiger partial charge in [-0.3, -0.25) is 4.57 Å². The van der Waals surface area contributed by atoms with Gasteiger partial charge in [0.05, 0.1) is 22.4 Å². The summed E-state index contributed by atoms with van der Waals surface area (Å²) in [5.74, 6) is 0.616. The van der Waals surface area contributed by atoms with Gasteiger partial charge in [0.1, 0.15) is 11.2 Å². The summed E-state index contributed by atoms with van der Waals surface area (Å²) in [4.78, 5) is 10.8. The Kier molecular flexibility index (Phi) is 6.22. The summed E-state index contributed by atoms with van der Waals surface area (Å²) < 4.78 is 9.10. The number of hydrogen-bond acceptors (Lipinski definition) is 3. The average Bonchev–Trinajstić information content (AvgIpc) is 3.76. The SMILES string of the molecule is c1ccc(-c2cc(-c3ccccc3)nc(-n3c4c(-c5c6ccccc6cc6c5oc5ccccc56)cccc4c4ccc5ccccc5c43)n2)cc1. The van der Waals surface area contributed by atoms with Crippen LogP contribution in [-0.2, 0) is 0 Å². The molecule has 0 aliphatic carbocycles. The van der Waals surface area contributed by atoms with Gasteiger partial charge in [-0.05, 0) is 34.4 Å². The van der Waals surface area contributed by atoms with E-state index in [4.69, 9.17) is 14.4 Å². The van der Waals surface area contributed by atoms with Gasteiger partial charge in [-0.25, -0.2) is 9.97 Å². The molecule has 4 heteroatoms. The van der Waals surface area contributed by atoms with Crippen molar-refractivity contribution in [2.75, 3.05) is 0 Å². The van der Waals surface area contributed by atoms with Crippen LogP contribution in [0.2, 0.25) is 0 Å². The van der Waals surface area contributed by atoms with Gasteiger partial charge in [0.2, 0.25) is 5.95 Å². The zero-order chi connectivity index (χ0) is 34.2. The number of fused-ring (bicyclic) bond motifs is 9. The highest BCUT2D eigenvalue weighted by Gasteiger charge is 2.24. The van der Waals surface area contributed by atoms with Crippen molar-refractivity contribution >= 4 is 65.3 Å². The van der Waals surface area contributed by atoms with Crippen molar-refractivity contribution in [3.63, 3.8) is 0 Å². The van der Waals surface area contributed by atoms with Gasteiger partial charge in [0.15, 0.2) is 0 Å². The van der Waals surface area contributed by atoms with Crippen molar-refractivity contribution in [3.05, 3.63) is 176 Å². The van der Waals surface area contributed by atoms with Crippen LogP contribution in [0.4, 0.5) is 0 Å². The van der Waals surface area contributed by atoms with Crippen molar-refractivity contribution in [3.8, 4) is 39.6 Å². The Hall–Kier alpha value is -7.04. The van der Waals surface area contributed by atoms with Gasteiger partial charge in [-0.15, -0.1) is 0 Å². The first-order chi connectivity index (χ1) is 25.8. The summed E-state index contributed by atoms with van der Waals surface area (Å²) in [6.45, 7) is 0. The van der Waals surface area contributed by atoms with Crippen LogP contribution in [0.15, 0.2) is 180 Å². The van der Waals surface area contributed by atoms with Crippen LogP contribution in [0.25, 0.3) is 105 Å². The van der Waals surface area contributed by atoms with Crippen molar-refractivity contribution < 1.29 is 4.42 Å². The second-order valence-electron chi connectivity index (χ2n) is 13.3. The van der Waals surface area contributed by atoms with Gasteiger partial charge < -0.3 is 4.42 Å². The van der Waals surface area contributed by atoms with E-state index in [9.17, 15) is 0 Å². The Bertz CT molecular complexity index is 3120. The highest BCUT2D eigenvalue weighted by Crippen LogP contribution is 2.46. The van der Waals surface area contributed by atoms with Crippen LogP contribution < -0.4 is 0 Å². The molecule has 0 spiro atoms. The summed E-state index contributed by atoms with van der Waals surface area (Å²) in [7, 11) is 0. The summed E-state index contributed by atoms with van der Waals surface area (Å²) in [6.07, 6.45) is 0. The Morgan fingerprint density at radius 1 is 0.404 bits per heavy atom. The molecular formula is C48H29N3O. The van der Waals surface area contributed by atoms with Gasteiger partial charge >= 0.3 is 0 Å². The lowest BCUT2D eigenvalue weighted by molar-refractivity contribution is 0.670. The molecular weight excluding hydrogens is 635 g/mol. The molecule has 0 amide bonds. The Labute approximate surface area is 298 Å². The number of nitrogens with zero attached hydrogens (tertiary/aromatic N) is 3. The quantitative estimate of drug-likeness (QED) is 0.188. The first kappa shape index (κ1) is 28.8. The third kappa shape index (κ3) is 4.28. The number of aromatic nitrogens is 3. The van der Waals surface area contributed by atoms with E-state index in [1.807, 2.05) is 18.2 Å². The molecule has 0 aliphatic heterocycles. The van der Waals surface area contributed by atoms with Crippen molar-refractivity contribution in [2.24, 2.45) is 0 Å². The van der Waals surface area contributed by atoms with Crippen LogP contribution in [0.1, 0.15) is 0 Å². The minimum atomic E-state index is 0.616. The maximum absolute atomic E-state index is 6.80. The molecule has 52 heavy (non-hydrogen) atoms. The molecule has 0 saturated carbocycles. The third-order valence-electron chi connectivity index (χ3n) is 10.4. The number of furan rings is 1. The molecule has 0 fully saturated rings. The van der Waals surface area contributed by atoms with E-state index in [0.29, 0.717) is 5.95 Å². The lowest BCUT2D eigenvalue weighted by atomic mass is 9.93. The molecule has 242 valence electrons. The number of rotatable bonds is 4. The molecule has 8 aromatic carbocycles. The molecule has 0 N–H and O–H groups in total. The first-order valence-corrected chi connectivity index (χ1v) is 17.6. The maximum Gasteiger partial charge on any atom is 0.235 e. The van der Waals surface area contributed by atoms with E-state index in [1.54, 1.807) is 0 Å². The van der Waals surface area contributed by atoms with E-state index in [-0.39, 0.29) is 0 Å². The molecule has 0 saturated heterocycles. The Morgan fingerprint density at radius 2 is 1.00 bits per heavy atom. The largest absolute Gasteiger partial charge is 0.455 e. The van der Waals surface area contributed by atoms with E-state index < -0.39 is 0 Å². The monoisotopic (exact) mass is 663 g/mol. The molecule has 0 bridgehead atoms. The summed E-state index contributed by atoms with van der Waals surface area (Å²) in [5.41, 5.74) is 9.78. The van der Waals surface area contributed by atoms with Crippen LogP contribution in [0.5, 0.6) is 0 Å². The second-order valence-corrected chi connectivity index (χ2v) is 13.3. The second kappa shape index (κ2) is 11.2. The molecule has 0 aliphatic rings. The molecule has 11 aromatic rings. The van der Waals surface area contributed by atoms with Crippen LogP contribution in [0.3, 0.4) is 0 Å². The molecule has 3 heterocycles. The zero-order valence-corrected chi connectivity index (χ0v) is 28.0. The molecule has 0 atom stereocenters. The van der Waals surface area contributed by atoms with Crippen LogP contribution >= 0.6 is 0 Å². The van der Waals surface area contributed by atoms with E-state index in [2.05, 4.69) is 162 Å². The smallest absolute Gasteiger partial charge is 0.235 e. The normalized spacial score (nSPS) is 11.8. The van der Waals surface area contributed by atoms with Gasteiger partial charge in [-0.2, -0.15) is 0 Å². The fraction of sp³-hybridized carbons (Fsp3) is 0. The minimum absolute atomic E-state index is 0.616. The first-order valence-electron chi connectivity index (χ1n) is 17.6. The number of hydrogen-bond donors (Lipinski definition) is 0. The fourth-order valence-electron chi connectivity index (χ4n) is 8.07. The predicted octanol–water partition coefficient (Wildman–Crippen LogP) is 12.8. The Balaban J connectivity index is 1.35. The standard InChI is InChI=1S/C48H29N3O/c1-3-15-31(16-4-1)41-29-42(32-17-5-2-6-18-32)50-48(49-41)51-45-35-21-10-7-14-30(35)26-27-38(45)37-23-13-24-39(46(37)51)44-34-20-9-8-19-33(34)28-40-36-22-11-12-25-43(36)52-47(40)44/h1-29H. The summed E-state index contributed by atoms with van der Waals surface area (Å²) in [6, 6.07) is 61.8. The van der Waals surface area contributed by atoms with Crippen molar-refractivity contribution in [1.82, 2.24) is 14.5 Å².